The first-order valence-electron chi connectivity index (χ1n) is 6.34. The number of hydrogen-bond donors (Lipinski definition) is 2. The van der Waals surface area contributed by atoms with E-state index < -0.39 is 0 Å². The standard InChI is InChI=1S/C13H16N4OS/c14-16-11(12-8-15-19-17-12)7-9-5-6-18-13-4-2-1-3-10(9)13/h1-4,8-9,11,16H,5-7,14H2. The van der Waals surface area contributed by atoms with Crippen molar-refractivity contribution in [3.05, 3.63) is 41.7 Å². The Labute approximate surface area is 116 Å². The molecule has 6 heteroatoms. The third-order valence-corrected chi connectivity index (χ3v) is 4.03. The molecule has 0 saturated heterocycles. The van der Waals surface area contributed by atoms with Crippen molar-refractivity contribution in [2.75, 3.05) is 6.61 Å². The van der Waals surface area contributed by atoms with E-state index in [4.69, 9.17) is 10.6 Å². The second-order valence-corrected chi connectivity index (χ2v) is 5.22. The van der Waals surface area contributed by atoms with Crippen molar-refractivity contribution in [1.82, 2.24) is 14.2 Å². The van der Waals surface area contributed by atoms with Gasteiger partial charge in [-0.3, -0.25) is 11.3 Å². The summed E-state index contributed by atoms with van der Waals surface area (Å²) in [6, 6.07) is 8.25. The van der Waals surface area contributed by atoms with Gasteiger partial charge < -0.3 is 4.74 Å². The molecule has 0 fully saturated rings. The maximum atomic E-state index is 5.68. The fraction of sp³-hybridized carbons (Fsp3) is 0.385. The van der Waals surface area contributed by atoms with Crippen LogP contribution in [0.3, 0.4) is 0 Å². The molecule has 100 valence electrons. The molecule has 0 radical (unpaired) electrons. The summed E-state index contributed by atoms with van der Waals surface area (Å²) in [4.78, 5) is 0. The van der Waals surface area contributed by atoms with Crippen LogP contribution >= 0.6 is 11.7 Å². The van der Waals surface area contributed by atoms with Gasteiger partial charge in [-0.05, 0) is 30.4 Å². The van der Waals surface area contributed by atoms with Crippen molar-refractivity contribution in [3.8, 4) is 5.75 Å². The number of rotatable bonds is 4. The van der Waals surface area contributed by atoms with Gasteiger partial charge in [0, 0.05) is 0 Å². The molecule has 0 amide bonds. The number of hydrazine groups is 1. The molecule has 2 unspecified atom stereocenters. The van der Waals surface area contributed by atoms with E-state index in [1.54, 1.807) is 6.20 Å². The van der Waals surface area contributed by atoms with Crippen LogP contribution in [0.1, 0.15) is 36.1 Å². The van der Waals surface area contributed by atoms with Gasteiger partial charge in [0.25, 0.3) is 0 Å². The maximum absolute atomic E-state index is 5.68. The fourth-order valence-electron chi connectivity index (χ4n) is 2.54. The quantitative estimate of drug-likeness (QED) is 0.660. The molecule has 1 aromatic carbocycles. The van der Waals surface area contributed by atoms with Crippen molar-refractivity contribution in [1.29, 1.82) is 0 Å². The highest BCUT2D eigenvalue weighted by Crippen LogP contribution is 2.38. The van der Waals surface area contributed by atoms with E-state index in [2.05, 4.69) is 26.3 Å². The maximum Gasteiger partial charge on any atom is 0.122 e. The minimum absolute atomic E-state index is 0.0370. The molecular formula is C13H16N4OS. The monoisotopic (exact) mass is 276 g/mol. The highest BCUT2D eigenvalue weighted by molar-refractivity contribution is 6.99. The highest BCUT2D eigenvalue weighted by Gasteiger charge is 2.25. The van der Waals surface area contributed by atoms with Crippen molar-refractivity contribution < 1.29 is 4.74 Å². The summed E-state index contributed by atoms with van der Waals surface area (Å²) in [6.07, 6.45) is 3.69. The Morgan fingerprint density at radius 2 is 2.37 bits per heavy atom. The third kappa shape index (κ3) is 2.60. The summed E-state index contributed by atoms with van der Waals surface area (Å²) >= 11 is 1.21. The lowest BCUT2D eigenvalue weighted by Gasteiger charge is -2.28. The molecule has 1 aliphatic heterocycles. The van der Waals surface area contributed by atoms with E-state index in [1.165, 1.54) is 17.3 Å². The zero-order chi connectivity index (χ0) is 13.1. The van der Waals surface area contributed by atoms with Gasteiger partial charge in [0.2, 0.25) is 0 Å². The van der Waals surface area contributed by atoms with Crippen molar-refractivity contribution in [3.63, 3.8) is 0 Å². The second kappa shape index (κ2) is 5.64. The first kappa shape index (κ1) is 12.5. The molecule has 3 rings (SSSR count). The summed E-state index contributed by atoms with van der Waals surface area (Å²) in [6.45, 7) is 0.758. The van der Waals surface area contributed by atoms with Crippen LogP contribution in [0.5, 0.6) is 5.75 Å². The summed E-state index contributed by atoms with van der Waals surface area (Å²) in [5, 5.41) is 0. The number of aromatic nitrogens is 2. The van der Waals surface area contributed by atoms with Crippen molar-refractivity contribution in [2.24, 2.45) is 5.84 Å². The van der Waals surface area contributed by atoms with Gasteiger partial charge in [-0.2, -0.15) is 8.75 Å². The number of benzene rings is 1. The zero-order valence-corrected chi connectivity index (χ0v) is 11.3. The normalized spacial score (nSPS) is 19.5. The first-order chi connectivity index (χ1) is 9.38. The largest absolute Gasteiger partial charge is 0.493 e. The second-order valence-electron chi connectivity index (χ2n) is 4.66. The van der Waals surface area contributed by atoms with E-state index in [0.717, 1.165) is 30.9 Å². The lowest BCUT2D eigenvalue weighted by atomic mass is 9.87. The van der Waals surface area contributed by atoms with E-state index in [1.807, 2.05) is 12.1 Å². The number of nitrogens with one attached hydrogen (secondary N) is 1. The Morgan fingerprint density at radius 3 is 3.16 bits per heavy atom. The van der Waals surface area contributed by atoms with Crippen LogP contribution in [0.2, 0.25) is 0 Å². The Morgan fingerprint density at radius 1 is 1.47 bits per heavy atom. The average Bonchev–Trinajstić information content (AvgIpc) is 2.99. The predicted octanol–water partition coefficient (Wildman–Crippen LogP) is 2.00. The number of nitrogens with zero attached hydrogens (tertiary/aromatic N) is 2. The van der Waals surface area contributed by atoms with E-state index >= 15 is 0 Å². The molecule has 2 atom stereocenters. The molecule has 0 spiro atoms. The van der Waals surface area contributed by atoms with Crippen LogP contribution in [0.4, 0.5) is 0 Å². The predicted molar refractivity (Wildman–Crippen MR) is 73.9 cm³/mol. The van der Waals surface area contributed by atoms with Gasteiger partial charge in [-0.25, -0.2) is 0 Å². The van der Waals surface area contributed by atoms with Gasteiger partial charge >= 0.3 is 0 Å². The number of ether oxygens (including phenoxy) is 1. The molecule has 2 heterocycles. The van der Waals surface area contributed by atoms with Crippen LogP contribution in [0.15, 0.2) is 30.5 Å². The SMILES string of the molecule is NNC(CC1CCOc2ccccc21)c1cnsn1. The molecule has 2 aromatic rings. The molecule has 19 heavy (non-hydrogen) atoms. The van der Waals surface area contributed by atoms with Crippen LogP contribution in [0, 0.1) is 0 Å². The zero-order valence-electron chi connectivity index (χ0n) is 10.5. The number of nitrogens with two attached hydrogens (primary N) is 1. The molecule has 5 nitrogen and oxygen atoms in total. The summed E-state index contributed by atoms with van der Waals surface area (Å²) in [7, 11) is 0. The molecule has 3 N–H and O–H groups in total. The summed E-state index contributed by atoms with van der Waals surface area (Å²) in [5.41, 5.74) is 5.02. The van der Waals surface area contributed by atoms with Crippen LogP contribution in [0.25, 0.3) is 0 Å². The van der Waals surface area contributed by atoms with Crippen LogP contribution in [-0.4, -0.2) is 15.4 Å². The third-order valence-electron chi connectivity index (χ3n) is 3.54. The van der Waals surface area contributed by atoms with Gasteiger partial charge in [-0.15, -0.1) is 0 Å². The Hall–Kier alpha value is -1.50. The molecule has 1 aliphatic rings. The van der Waals surface area contributed by atoms with Gasteiger partial charge in [0.15, 0.2) is 0 Å². The average molecular weight is 276 g/mol. The van der Waals surface area contributed by atoms with E-state index in [9.17, 15) is 0 Å². The van der Waals surface area contributed by atoms with Gasteiger partial charge in [-0.1, -0.05) is 18.2 Å². The number of hydrogen-bond acceptors (Lipinski definition) is 6. The smallest absolute Gasteiger partial charge is 0.122 e. The first-order valence-corrected chi connectivity index (χ1v) is 7.07. The molecule has 0 saturated carbocycles. The van der Waals surface area contributed by atoms with Gasteiger partial charge in [0.05, 0.1) is 36.3 Å². The Bertz CT molecular complexity index is 531. The molecule has 0 aliphatic carbocycles. The fourth-order valence-corrected chi connectivity index (χ4v) is 3.02. The summed E-state index contributed by atoms with van der Waals surface area (Å²) < 4.78 is 14.0. The van der Waals surface area contributed by atoms with Crippen LogP contribution in [-0.2, 0) is 0 Å². The minimum atomic E-state index is 0.0370. The molecular weight excluding hydrogens is 260 g/mol. The van der Waals surface area contributed by atoms with Crippen molar-refractivity contribution >= 4 is 11.7 Å². The van der Waals surface area contributed by atoms with E-state index in [-0.39, 0.29) is 6.04 Å². The van der Waals surface area contributed by atoms with Gasteiger partial charge in [0.1, 0.15) is 5.75 Å². The molecule has 1 aromatic heterocycles. The van der Waals surface area contributed by atoms with Crippen LogP contribution < -0.4 is 16.0 Å². The number of fused-ring (bicyclic) bond motifs is 1. The number of para-hydroxylation sites is 1. The van der Waals surface area contributed by atoms with Crippen molar-refractivity contribution in [2.45, 2.75) is 24.8 Å². The summed E-state index contributed by atoms with van der Waals surface area (Å²) in [5.74, 6) is 7.09. The molecule has 0 bridgehead atoms. The highest BCUT2D eigenvalue weighted by atomic mass is 32.1. The Balaban J connectivity index is 1.80. The Kier molecular flexibility index (Phi) is 3.72. The lowest BCUT2D eigenvalue weighted by Crippen LogP contribution is -2.30. The lowest BCUT2D eigenvalue weighted by molar-refractivity contribution is 0.255. The topological polar surface area (TPSA) is 73.1 Å². The minimum Gasteiger partial charge on any atom is -0.493 e. The van der Waals surface area contributed by atoms with E-state index in [0.29, 0.717) is 5.92 Å².